The van der Waals surface area contributed by atoms with Crippen LogP contribution in [-0.4, -0.2) is 10.9 Å². The second-order valence-corrected chi connectivity index (χ2v) is 10.1. The first-order valence-electron chi connectivity index (χ1n) is 13.0. The van der Waals surface area contributed by atoms with Crippen LogP contribution in [0.2, 0.25) is 0 Å². The maximum absolute atomic E-state index is 12.8. The molecule has 0 spiro atoms. The van der Waals surface area contributed by atoms with Crippen LogP contribution in [0, 0.1) is 11.3 Å². The topological polar surface area (TPSA) is 88.2 Å². The Morgan fingerprint density at radius 1 is 1.05 bits per heavy atom. The molecule has 1 aromatic heterocycles. The van der Waals surface area contributed by atoms with Crippen molar-refractivity contribution in [1.29, 1.82) is 5.26 Å². The van der Waals surface area contributed by atoms with Crippen LogP contribution < -0.4 is 10.1 Å². The largest absolute Gasteiger partial charge is 0.485 e. The van der Waals surface area contributed by atoms with E-state index in [1.54, 1.807) is 18.2 Å². The maximum atomic E-state index is 12.8. The third kappa shape index (κ3) is 4.87. The van der Waals surface area contributed by atoms with Gasteiger partial charge in [0, 0.05) is 29.7 Å². The van der Waals surface area contributed by atoms with E-state index in [4.69, 9.17) is 9.15 Å². The molecule has 1 aliphatic rings. The van der Waals surface area contributed by atoms with Crippen LogP contribution in [-0.2, 0) is 13.0 Å². The molecule has 0 radical (unpaired) electrons. The number of oxazole rings is 1. The number of para-hydroxylation sites is 1. The number of fused-ring (bicyclic) bond motifs is 2. The van der Waals surface area contributed by atoms with Gasteiger partial charge in [0.2, 0.25) is 5.89 Å². The number of rotatable bonds is 6. The Morgan fingerprint density at radius 3 is 2.54 bits per heavy atom. The van der Waals surface area contributed by atoms with Gasteiger partial charge in [0.25, 0.3) is 5.91 Å². The number of nitriles is 1. The highest BCUT2D eigenvalue weighted by atomic mass is 16.5. The Balaban J connectivity index is 1.10. The molecule has 5 aromatic rings. The van der Waals surface area contributed by atoms with E-state index in [0.717, 1.165) is 34.4 Å². The maximum Gasteiger partial charge on any atom is 0.251 e. The summed E-state index contributed by atoms with van der Waals surface area (Å²) in [5, 5.41) is 12.4. The van der Waals surface area contributed by atoms with Crippen LogP contribution >= 0.6 is 0 Å². The van der Waals surface area contributed by atoms with Crippen molar-refractivity contribution in [3.05, 3.63) is 118 Å². The number of amides is 1. The molecule has 6 nitrogen and oxygen atoms in total. The van der Waals surface area contributed by atoms with Gasteiger partial charge < -0.3 is 14.5 Å². The van der Waals surface area contributed by atoms with Gasteiger partial charge in [-0.25, -0.2) is 4.98 Å². The fourth-order valence-corrected chi connectivity index (χ4v) is 4.94. The molecule has 0 saturated carbocycles. The normalized spacial score (nSPS) is 14.2. The first-order valence-corrected chi connectivity index (χ1v) is 13.0. The van der Waals surface area contributed by atoms with Gasteiger partial charge in [-0.15, -0.1) is 0 Å². The fourth-order valence-electron chi connectivity index (χ4n) is 4.94. The van der Waals surface area contributed by atoms with Gasteiger partial charge in [0.1, 0.15) is 17.4 Å². The van der Waals surface area contributed by atoms with Crippen LogP contribution in [0.4, 0.5) is 0 Å². The number of nitrogens with one attached hydrogen (secondary N) is 1. The van der Waals surface area contributed by atoms with Gasteiger partial charge in [-0.2, -0.15) is 5.26 Å². The second-order valence-electron chi connectivity index (χ2n) is 10.1. The van der Waals surface area contributed by atoms with Crippen molar-refractivity contribution in [2.24, 2.45) is 0 Å². The van der Waals surface area contributed by atoms with Crippen LogP contribution in [0.3, 0.4) is 0 Å². The Labute approximate surface area is 226 Å². The molecule has 192 valence electrons. The van der Waals surface area contributed by atoms with Crippen LogP contribution in [0.15, 0.2) is 89.3 Å². The molecule has 6 rings (SSSR count). The molecule has 1 atom stereocenters. The molecule has 1 aliphatic heterocycles. The number of carbonyl (C=O) groups excluding carboxylic acids is 1. The van der Waals surface area contributed by atoms with E-state index in [1.165, 1.54) is 5.56 Å². The number of aromatic nitrogens is 1. The molecule has 2 heterocycles. The molecule has 6 heteroatoms. The van der Waals surface area contributed by atoms with Crippen molar-refractivity contribution in [2.45, 2.75) is 38.8 Å². The van der Waals surface area contributed by atoms with E-state index >= 15 is 0 Å². The monoisotopic (exact) mass is 513 g/mol. The van der Waals surface area contributed by atoms with E-state index in [-0.39, 0.29) is 17.9 Å². The van der Waals surface area contributed by atoms with Gasteiger partial charge in [-0.3, -0.25) is 4.79 Å². The van der Waals surface area contributed by atoms with Gasteiger partial charge >= 0.3 is 0 Å². The predicted molar refractivity (Wildman–Crippen MR) is 149 cm³/mol. The quantitative estimate of drug-likeness (QED) is 0.262. The molecule has 39 heavy (non-hydrogen) atoms. The number of hydrogen-bond acceptors (Lipinski definition) is 5. The van der Waals surface area contributed by atoms with Gasteiger partial charge in [-0.1, -0.05) is 56.3 Å². The fraction of sp³-hybridized carbons (Fsp3) is 0.182. The first-order chi connectivity index (χ1) is 19.0. The molecule has 0 aliphatic carbocycles. The SMILES string of the molecule is CC(C)c1cc(C#N)cc2nc(-c3ccc(C(=O)NCc4ccc(C5Cc6ccccc6O5)cc4)cc3)oc12. The summed E-state index contributed by atoms with van der Waals surface area (Å²) >= 11 is 0. The van der Waals surface area contributed by atoms with E-state index in [1.807, 2.05) is 48.5 Å². The Kier molecular flexibility index (Phi) is 6.34. The van der Waals surface area contributed by atoms with Crippen molar-refractivity contribution >= 4 is 17.0 Å². The smallest absolute Gasteiger partial charge is 0.251 e. The summed E-state index contributed by atoms with van der Waals surface area (Å²) in [5.41, 5.74) is 7.55. The summed E-state index contributed by atoms with van der Waals surface area (Å²) in [6, 6.07) is 29.3. The van der Waals surface area contributed by atoms with E-state index in [2.05, 4.69) is 48.4 Å². The van der Waals surface area contributed by atoms with E-state index in [0.29, 0.717) is 34.7 Å². The zero-order chi connectivity index (χ0) is 26.9. The highest BCUT2D eigenvalue weighted by molar-refractivity contribution is 5.94. The van der Waals surface area contributed by atoms with Crippen molar-refractivity contribution < 1.29 is 13.9 Å². The van der Waals surface area contributed by atoms with Gasteiger partial charge in [0.05, 0.1) is 11.6 Å². The van der Waals surface area contributed by atoms with Crippen molar-refractivity contribution in [1.82, 2.24) is 10.3 Å². The Morgan fingerprint density at radius 2 is 1.82 bits per heavy atom. The third-order valence-electron chi connectivity index (χ3n) is 7.12. The molecular weight excluding hydrogens is 486 g/mol. The van der Waals surface area contributed by atoms with Gasteiger partial charge in [-0.05, 0) is 65.1 Å². The predicted octanol–water partition coefficient (Wildman–Crippen LogP) is 7.10. The lowest BCUT2D eigenvalue weighted by molar-refractivity contribution is 0.0951. The Bertz CT molecular complexity index is 1690. The lowest BCUT2D eigenvalue weighted by Gasteiger charge is -2.12. The zero-order valence-corrected chi connectivity index (χ0v) is 21.8. The van der Waals surface area contributed by atoms with Gasteiger partial charge in [0.15, 0.2) is 5.58 Å². The van der Waals surface area contributed by atoms with E-state index < -0.39 is 0 Å². The molecule has 1 unspecified atom stereocenters. The highest BCUT2D eigenvalue weighted by Gasteiger charge is 2.23. The average molecular weight is 514 g/mol. The van der Waals surface area contributed by atoms with Crippen molar-refractivity contribution in [2.75, 3.05) is 0 Å². The summed E-state index contributed by atoms with van der Waals surface area (Å²) in [7, 11) is 0. The lowest BCUT2D eigenvalue weighted by Crippen LogP contribution is -2.22. The van der Waals surface area contributed by atoms with E-state index in [9.17, 15) is 10.1 Å². The second kappa shape index (κ2) is 10.1. The number of hydrogen-bond donors (Lipinski definition) is 1. The van der Waals surface area contributed by atoms with Crippen LogP contribution in [0.5, 0.6) is 5.75 Å². The van der Waals surface area contributed by atoms with Crippen LogP contribution in [0.25, 0.3) is 22.6 Å². The molecule has 0 bridgehead atoms. The minimum absolute atomic E-state index is 0.0242. The molecule has 4 aromatic carbocycles. The summed E-state index contributed by atoms with van der Waals surface area (Å²) in [5.74, 6) is 1.45. The molecule has 0 saturated heterocycles. The minimum atomic E-state index is -0.154. The standard InChI is InChI=1S/C33H27N3O3/c1-20(2)27-15-22(18-34)16-28-31(27)39-33(36-28)25-13-11-24(12-14-25)32(37)35-19-21-7-9-23(10-8-21)30-17-26-5-3-4-6-29(26)38-30/h3-16,20,30H,17,19H2,1-2H3,(H,35,37). The number of nitrogens with zero attached hydrogens (tertiary/aromatic N) is 2. The third-order valence-corrected chi connectivity index (χ3v) is 7.12. The van der Waals surface area contributed by atoms with Crippen molar-refractivity contribution in [3.63, 3.8) is 0 Å². The molecule has 1 N–H and O–H groups in total. The summed E-state index contributed by atoms with van der Waals surface area (Å²) in [6.45, 7) is 4.54. The number of ether oxygens (including phenoxy) is 1. The zero-order valence-electron chi connectivity index (χ0n) is 21.8. The molecule has 1 amide bonds. The first kappa shape index (κ1) is 24.4. The molecular formula is C33H27N3O3. The average Bonchev–Trinajstić information content (AvgIpc) is 3.60. The summed E-state index contributed by atoms with van der Waals surface area (Å²) < 4.78 is 12.2. The number of carbonyl (C=O) groups is 1. The Hall–Kier alpha value is -4.89. The summed E-state index contributed by atoms with van der Waals surface area (Å²) in [6.07, 6.45) is 0.891. The highest BCUT2D eigenvalue weighted by Crippen LogP contribution is 2.36. The van der Waals surface area contributed by atoms with Crippen LogP contribution in [0.1, 0.15) is 64.0 Å². The van der Waals surface area contributed by atoms with Crippen molar-refractivity contribution in [3.8, 4) is 23.3 Å². The number of benzene rings is 4. The lowest BCUT2D eigenvalue weighted by atomic mass is 10.00. The molecule has 0 fully saturated rings. The minimum Gasteiger partial charge on any atom is -0.485 e. The summed E-state index contributed by atoms with van der Waals surface area (Å²) in [4.78, 5) is 17.4.